The molecule has 2 rings (SSSR count). The average molecular weight is 177 g/mol. The van der Waals surface area contributed by atoms with Gasteiger partial charge in [-0.1, -0.05) is 13.8 Å². The number of anilines is 1. The van der Waals surface area contributed by atoms with Crippen LogP contribution >= 0.6 is 0 Å². The van der Waals surface area contributed by atoms with Crippen LogP contribution in [0.2, 0.25) is 0 Å². The van der Waals surface area contributed by atoms with Crippen molar-refractivity contribution < 1.29 is 0 Å². The number of nitrogen functional groups attached to an aromatic ring is 1. The monoisotopic (exact) mass is 177 g/mol. The zero-order valence-corrected chi connectivity index (χ0v) is 8.33. The maximum atomic E-state index is 5.56. The van der Waals surface area contributed by atoms with Crippen LogP contribution in [0.5, 0.6) is 0 Å². The van der Waals surface area contributed by atoms with Crippen molar-refractivity contribution in [3.8, 4) is 0 Å². The normalized spacial score (nSPS) is 24.4. The van der Waals surface area contributed by atoms with Crippen molar-refractivity contribution in [3.05, 3.63) is 17.5 Å². The first-order valence-corrected chi connectivity index (χ1v) is 4.60. The topological polar surface area (TPSA) is 51.8 Å². The van der Waals surface area contributed by atoms with Gasteiger partial charge < -0.3 is 5.73 Å². The predicted octanol–water partition coefficient (Wildman–Crippen LogP) is 1.88. The molecule has 1 fully saturated rings. The van der Waals surface area contributed by atoms with E-state index in [2.05, 4.69) is 23.8 Å². The zero-order chi connectivity index (χ0) is 9.64. The van der Waals surface area contributed by atoms with Crippen LogP contribution < -0.4 is 5.73 Å². The highest BCUT2D eigenvalue weighted by atomic mass is 15.0. The van der Waals surface area contributed by atoms with Crippen molar-refractivity contribution in [3.63, 3.8) is 0 Å². The molecule has 1 saturated carbocycles. The first-order chi connectivity index (χ1) is 6.00. The van der Waals surface area contributed by atoms with E-state index in [4.69, 9.17) is 5.73 Å². The van der Waals surface area contributed by atoms with E-state index in [0.29, 0.717) is 17.3 Å². The summed E-state index contributed by atoms with van der Waals surface area (Å²) < 4.78 is 0. The maximum Gasteiger partial charge on any atom is 0.220 e. The summed E-state index contributed by atoms with van der Waals surface area (Å²) in [5.41, 5.74) is 8.26. The average Bonchev–Trinajstić information content (AvgIpc) is 2.65. The van der Waals surface area contributed by atoms with Crippen LogP contribution in [0.15, 0.2) is 6.20 Å². The molecule has 1 aromatic heterocycles. The van der Waals surface area contributed by atoms with Gasteiger partial charge in [0.2, 0.25) is 5.95 Å². The second kappa shape index (κ2) is 2.44. The van der Waals surface area contributed by atoms with E-state index in [0.717, 1.165) is 11.3 Å². The van der Waals surface area contributed by atoms with Crippen LogP contribution in [0.3, 0.4) is 0 Å². The van der Waals surface area contributed by atoms with Gasteiger partial charge in [0.05, 0.1) is 5.69 Å². The second-order valence-corrected chi connectivity index (χ2v) is 4.54. The number of nitrogens with zero attached hydrogens (tertiary/aromatic N) is 2. The summed E-state index contributed by atoms with van der Waals surface area (Å²) in [5.74, 6) is 0.973. The Kier molecular flexibility index (Phi) is 1.59. The molecule has 1 unspecified atom stereocenters. The highest BCUT2D eigenvalue weighted by Gasteiger charge is 2.48. The Labute approximate surface area is 78.4 Å². The Hall–Kier alpha value is -1.12. The molecule has 1 atom stereocenters. The number of aryl methyl sites for hydroxylation is 1. The largest absolute Gasteiger partial charge is 0.368 e. The van der Waals surface area contributed by atoms with Gasteiger partial charge in [-0.25, -0.2) is 9.97 Å². The molecule has 1 aliphatic rings. The van der Waals surface area contributed by atoms with Crippen LogP contribution in [0.25, 0.3) is 0 Å². The van der Waals surface area contributed by atoms with E-state index in [-0.39, 0.29) is 0 Å². The Bertz CT molecular complexity index is 344. The molecule has 13 heavy (non-hydrogen) atoms. The van der Waals surface area contributed by atoms with E-state index >= 15 is 0 Å². The second-order valence-electron chi connectivity index (χ2n) is 4.54. The third-order valence-electron chi connectivity index (χ3n) is 2.87. The third kappa shape index (κ3) is 1.39. The Morgan fingerprint density at radius 3 is 2.69 bits per heavy atom. The molecule has 0 aromatic carbocycles. The Morgan fingerprint density at radius 2 is 2.15 bits per heavy atom. The minimum atomic E-state index is 0.392. The smallest absolute Gasteiger partial charge is 0.220 e. The summed E-state index contributed by atoms with van der Waals surface area (Å²) in [6.07, 6.45) is 3.02. The molecule has 0 amide bonds. The van der Waals surface area contributed by atoms with E-state index in [1.807, 2.05) is 13.1 Å². The highest BCUT2D eigenvalue weighted by molar-refractivity contribution is 5.32. The number of nitrogens with two attached hydrogens (primary N) is 1. The molecule has 70 valence electrons. The molecule has 0 radical (unpaired) electrons. The Morgan fingerprint density at radius 1 is 1.54 bits per heavy atom. The molecule has 1 aromatic rings. The minimum absolute atomic E-state index is 0.392. The van der Waals surface area contributed by atoms with Gasteiger partial charge >= 0.3 is 0 Å². The van der Waals surface area contributed by atoms with Crippen LogP contribution in [-0.4, -0.2) is 9.97 Å². The van der Waals surface area contributed by atoms with Crippen molar-refractivity contribution in [1.29, 1.82) is 0 Å². The number of hydrogen-bond acceptors (Lipinski definition) is 3. The lowest BCUT2D eigenvalue weighted by atomic mass is 10.1. The van der Waals surface area contributed by atoms with Gasteiger partial charge in [0.25, 0.3) is 0 Å². The number of rotatable bonds is 1. The summed E-state index contributed by atoms with van der Waals surface area (Å²) in [4.78, 5) is 8.26. The van der Waals surface area contributed by atoms with E-state index < -0.39 is 0 Å². The predicted molar refractivity (Wildman–Crippen MR) is 52.3 cm³/mol. The lowest BCUT2D eigenvalue weighted by molar-refractivity contribution is 0.614. The molecule has 1 heterocycles. The van der Waals surface area contributed by atoms with Crippen LogP contribution in [-0.2, 0) is 0 Å². The molecule has 3 nitrogen and oxygen atoms in total. The summed E-state index contributed by atoms with van der Waals surface area (Å²) in [7, 11) is 0. The summed E-state index contributed by atoms with van der Waals surface area (Å²) >= 11 is 0. The van der Waals surface area contributed by atoms with Crippen molar-refractivity contribution in [1.82, 2.24) is 9.97 Å². The molecular weight excluding hydrogens is 162 g/mol. The molecule has 0 spiro atoms. The van der Waals surface area contributed by atoms with Gasteiger partial charge in [0, 0.05) is 12.1 Å². The van der Waals surface area contributed by atoms with E-state index in [9.17, 15) is 0 Å². The first-order valence-electron chi connectivity index (χ1n) is 4.60. The van der Waals surface area contributed by atoms with Crippen molar-refractivity contribution in [2.45, 2.75) is 33.1 Å². The highest BCUT2D eigenvalue weighted by Crippen LogP contribution is 2.58. The lowest BCUT2D eigenvalue weighted by Crippen LogP contribution is -2.02. The molecular formula is C10H15N3. The first kappa shape index (κ1) is 8.48. The van der Waals surface area contributed by atoms with Crippen LogP contribution in [0, 0.1) is 12.3 Å². The minimum Gasteiger partial charge on any atom is -0.368 e. The standard InChI is InChI=1S/C10H15N3/c1-6-5-12-9(11)13-8(6)7-4-10(7,2)3/h5,7H,4H2,1-3H3,(H2,11,12,13). The van der Waals surface area contributed by atoms with Crippen molar-refractivity contribution in [2.24, 2.45) is 5.41 Å². The molecule has 0 aliphatic heterocycles. The van der Waals surface area contributed by atoms with Gasteiger partial charge in [-0.2, -0.15) is 0 Å². The fourth-order valence-corrected chi connectivity index (χ4v) is 1.76. The molecule has 0 bridgehead atoms. The molecule has 3 heteroatoms. The fraction of sp³-hybridized carbons (Fsp3) is 0.600. The quantitative estimate of drug-likeness (QED) is 0.712. The van der Waals surface area contributed by atoms with Gasteiger partial charge in [-0.15, -0.1) is 0 Å². The molecule has 1 aliphatic carbocycles. The van der Waals surface area contributed by atoms with Gasteiger partial charge in [-0.05, 0) is 24.3 Å². The zero-order valence-electron chi connectivity index (χ0n) is 8.33. The van der Waals surface area contributed by atoms with Crippen LogP contribution in [0.1, 0.15) is 37.4 Å². The van der Waals surface area contributed by atoms with E-state index in [1.165, 1.54) is 6.42 Å². The van der Waals surface area contributed by atoms with Gasteiger partial charge in [-0.3, -0.25) is 0 Å². The molecule has 2 N–H and O–H groups in total. The van der Waals surface area contributed by atoms with Gasteiger partial charge in [0.1, 0.15) is 0 Å². The van der Waals surface area contributed by atoms with Gasteiger partial charge in [0.15, 0.2) is 0 Å². The number of hydrogen-bond donors (Lipinski definition) is 1. The summed E-state index contributed by atoms with van der Waals surface area (Å²) in [5, 5.41) is 0. The third-order valence-corrected chi connectivity index (χ3v) is 2.87. The van der Waals surface area contributed by atoms with Crippen molar-refractivity contribution in [2.75, 3.05) is 5.73 Å². The van der Waals surface area contributed by atoms with E-state index in [1.54, 1.807) is 0 Å². The van der Waals surface area contributed by atoms with Crippen molar-refractivity contribution >= 4 is 5.95 Å². The maximum absolute atomic E-state index is 5.56. The van der Waals surface area contributed by atoms with Crippen LogP contribution in [0.4, 0.5) is 5.95 Å². The lowest BCUT2D eigenvalue weighted by Gasteiger charge is -2.06. The number of aromatic nitrogens is 2. The SMILES string of the molecule is Cc1cnc(N)nc1C1CC1(C)C. The summed E-state index contributed by atoms with van der Waals surface area (Å²) in [6.45, 7) is 6.56. The Balaban J connectivity index is 2.36. The summed E-state index contributed by atoms with van der Waals surface area (Å²) in [6, 6.07) is 0. The fourth-order valence-electron chi connectivity index (χ4n) is 1.76. The molecule has 0 saturated heterocycles.